The average Bonchev–Trinajstić information content (AvgIpc) is 2.33. The van der Waals surface area contributed by atoms with Gasteiger partial charge in [0.25, 0.3) is 5.91 Å². The molecule has 1 aromatic carbocycles. The average molecular weight is 296 g/mol. The van der Waals surface area contributed by atoms with Crippen molar-refractivity contribution < 1.29 is 9.69 Å². The number of piperidine rings is 1. The van der Waals surface area contributed by atoms with Crippen LogP contribution in [0.5, 0.6) is 0 Å². The summed E-state index contributed by atoms with van der Waals surface area (Å²) in [7, 11) is 0. The minimum atomic E-state index is 0.0756. The summed E-state index contributed by atoms with van der Waals surface area (Å²) >= 11 is 6.07. The van der Waals surface area contributed by atoms with E-state index in [4.69, 9.17) is 11.6 Å². The van der Waals surface area contributed by atoms with E-state index in [1.165, 1.54) is 11.3 Å². The smallest absolute Gasteiger partial charge is 0.279 e. The van der Waals surface area contributed by atoms with Crippen molar-refractivity contribution in [2.24, 2.45) is 11.8 Å². The molecule has 20 heavy (non-hydrogen) atoms. The number of nitrogens with one attached hydrogen (secondary N) is 2. The number of anilines is 1. The molecule has 1 fully saturated rings. The zero-order chi connectivity index (χ0) is 14.7. The maximum absolute atomic E-state index is 12.2. The predicted molar refractivity (Wildman–Crippen MR) is 83.3 cm³/mol. The largest absolute Gasteiger partial charge is 0.327 e. The number of likely N-dealkylation sites (tertiary alicyclic amines) is 1. The fourth-order valence-electron chi connectivity index (χ4n) is 3.23. The Morgan fingerprint density at radius 2 is 2.00 bits per heavy atom. The molecule has 2 atom stereocenters. The maximum atomic E-state index is 12.2. The number of amides is 1. The maximum Gasteiger partial charge on any atom is 0.279 e. The summed E-state index contributed by atoms with van der Waals surface area (Å²) in [6.07, 6.45) is 1.28. The van der Waals surface area contributed by atoms with Crippen LogP contribution in [0.2, 0.25) is 5.02 Å². The van der Waals surface area contributed by atoms with Gasteiger partial charge in [-0.25, -0.2) is 0 Å². The Bertz CT molecular complexity index is 479. The van der Waals surface area contributed by atoms with Gasteiger partial charge in [-0.05, 0) is 31.0 Å². The minimum absolute atomic E-state index is 0.0756. The lowest BCUT2D eigenvalue weighted by molar-refractivity contribution is -0.904. The Balaban J connectivity index is 1.94. The predicted octanol–water partition coefficient (Wildman–Crippen LogP) is 2.15. The first-order chi connectivity index (χ1) is 9.45. The van der Waals surface area contributed by atoms with E-state index in [0.717, 1.165) is 24.3 Å². The molecule has 0 aliphatic carbocycles. The number of carbonyl (C=O) groups is 1. The molecule has 1 amide bonds. The summed E-state index contributed by atoms with van der Waals surface area (Å²) in [5, 5.41) is 3.67. The van der Waals surface area contributed by atoms with Crippen LogP contribution in [0, 0.1) is 18.8 Å². The van der Waals surface area contributed by atoms with Crippen molar-refractivity contribution in [1.29, 1.82) is 0 Å². The van der Waals surface area contributed by atoms with E-state index in [-0.39, 0.29) is 5.91 Å². The van der Waals surface area contributed by atoms with E-state index in [1.807, 2.05) is 25.1 Å². The third kappa shape index (κ3) is 3.97. The van der Waals surface area contributed by atoms with E-state index >= 15 is 0 Å². The van der Waals surface area contributed by atoms with Crippen LogP contribution < -0.4 is 10.2 Å². The van der Waals surface area contributed by atoms with Crippen molar-refractivity contribution in [2.75, 3.05) is 25.0 Å². The van der Waals surface area contributed by atoms with Gasteiger partial charge in [-0.1, -0.05) is 31.5 Å². The molecule has 1 heterocycles. The van der Waals surface area contributed by atoms with Crippen LogP contribution in [0.3, 0.4) is 0 Å². The summed E-state index contributed by atoms with van der Waals surface area (Å²) in [4.78, 5) is 13.6. The summed E-state index contributed by atoms with van der Waals surface area (Å²) in [5.74, 6) is 1.48. The van der Waals surface area contributed by atoms with Crippen LogP contribution in [0.15, 0.2) is 18.2 Å². The van der Waals surface area contributed by atoms with Gasteiger partial charge in [0.15, 0.2) is 6.54 Å². The molecule has 1 aliphatic heterocycles. The lowest BCUT2D eigenvalue weighted by Crippen LogP contribution is -3.15. The fourth-order valence-corrected chi connectivity index (χ4v) is 3.41. The van der Waals surface area contributed by atoms with Crippen LogP contribution in [0.25, 0.3) is 0 Å². The van der Waals surface area contributed by atoms with Crippen molar-refractivity contribution in [3.05, 3.63) is 28.8 Å². The Labute approximate surface area is 126 Å². The Morgan fingerprint density at radius 1 is 1.35 bits per heavy atom. The number of rotatable bonds is 3. The molecule has 0 bridgehead atoms. The zero-order valence-corrected chi connectivity index (χ0v) is 13.3. The van der Waals surface area contributed by atoms with E-state index in [9.17, 15) is 4.79 Å². The SMILES string of the molecule is Cc1c(Cl)cccc1NC(=O)C[NH+]1C[C@@H](C)C[C@H](C)C1. The van der Waals surface area contributed by atoms with Crippen LogP contribution in [-0.2, 0) is 4.79 Å². The highest BCUT2D eigenvalue weighted by atomic mass is 35.5. The standard InChI is InChI=1S/C16H23ClN2O/c1-11-7-12(2)9-19(8-11)10-16(20)18-15-6-4-5-14(17)13(15)3/h4-6,11-12H,7-10H2,1-3H3,(H,18,20)/p+1/t11-,12-/m0/s1. The quantitative estimate of drug-likeness (QED) is 0.880. The lowest BCUT2D eigenvalue weighted by atomic mass is 9.92. The van der Waals surface area contributed by atoms with Crippen molar-refractivity contribution >= 4 is 23.2 Å². The molecule has 1 aliphatic rings. The molecule has 0 aromatic heterocycles. The zero-order valence-electron chi connectivity index (χ0n) is 12.5. The molecule has 0 saturated carbocycles. The van der Waals surface area contributed by atoms with Crippen molar-refractivity contribution in [2.45, 2.75) is 27.2 Å². The third-order valence-electron chi connectivity index (χ3n) is 4.03. The molecular weight excluding hydrogens is 272 g/mol. The Hall–Kier alpha value is -1.06. The number of quaternary nitrogens is 1. The number of benzene rings is 1. The first-order valence-electron chi connectivity index (χ1n) is 7.34. The van der Waals surface area contributed by atoms with Gasteiger partial charge in [0.1, 0.15) is 0 Å². The lowest BCUT2D eigenvalue weighted by Gasteiger charge is -2.31. The second-order valence-corrected chi connectivity index (χ2v) is 6.65. The summed E-state index contributed by atoms with van der Waals surface area (Å²) in [6, 6.07) is 5.60. The van der Waals surface area contributed by atoms with Crippen molar-refractivity contribution in [3.63, 3.8) is 0 Å². The fraction of sp³-hybridized carbons (Fsp3) is 0.562. The molecule has 0 unspecified atom stereocenters. The monoisotopic (exact) mass is 295 g/mol. The number of hydrogen-bond acceptors (Lipinski definition) is 1. The first kappa shape index (κ1) is 15.3. The van der Waals surface area contributed by atoms with Crippen molar-refractivity contribution in [1.82, 2.24) is 0 Å². The molecule has 110 valence electrons. The summed E-state index contributed by atoms with van der Waals surface area (Å²) in [5.41, 5.74) is 1.75. The molecular formula is C16H24ClN2O+. The third-order valence-corrected chi connectivity index (χ3v) is 4.44. The van der Waals surface area contributed by atoms with Gasteiger partial charge < -0.3 is 10.2 Å². The molecule has 0 radical (unpaired) electrons. The summed E-state index contributed by atoms with van der Waals surface area (Å²) in [6.45, 7) is 9.19. The first-order valence-corrected chi connectivity index (χ1v) is 7.72. The van der Waals surface area contributed by atoms with Crippen molar-refractivity contribution in [3.8, 4) is 0 Å². The number of carbonyl (C=O) groups excluding carboxylic acids is 1. The Kier molecular flexibility index (Phi) is 5.06. The Morgan fingerprint density at radius 3 is 2.65 bits per heavy atom. The second-order valence-electron chi connectivity index (χ2n) is 6.24. The van der Waals surface area contributed by atoms with Gasteiger partial charge in [-0.15, -0.1) is 0 Å². The molecule has 2 rings (SSSR count). The highest BCUT2D eigenvalue weighted by Crippen LogP contribution is 2.22. The van der Waals surface area contributed by atoms with Crippen LogP contribution in [-0.4, -0.2) is 25.5 Å². The van der Waals surface area contributed by atoms with Gasteiger partial charge in [-0.3, -0.25) is 4.79 Å². The van der Waals surface area contributed by atoms with Crippen LogP contribution >= 0.6 is 11.6 Å². The van der Waals surface area contributed by atoms with Crippen LogP contribution in [0.1, 0.15) is 25.8 Å². The van der Waals surface area contributed by atoms with Crippen LogP contribution in [0.4, 0.5) is 5.69 Å². The number of halogens is 1. The van der Waals surface area contributed by atoms with Gasteiger partial charge in [-0.2, -0.15) is 0 Å². The molecule has 2 N–H and O–H groups in total. The minimum Gasteiger partial charge on any atom is -0.327 e. The van der Waals surface area contributed by atoms with E-state index in [0.29, 0.717) is 23.4 Å². The second kappa shape index (κ2) is 6.59. The topological polar surface area (TPSA) is 33.5 Å². The molecule has 1 aromatic rings. The molecule has 4 heteroatoms. The van der Waals surface area contributed by atoms with Gasteiger partial charge >= 0.3 is 0 Å². The van der Waals surface area contributed by atoms with E-state index in [1.54, 1.807) is 0 Å². The summed E-state index contributed by atoms with van der Waals surface area (Å²) < 4.78 is 0. The molecule has 3 nitrogen and oxygen atoms in total. The highest BCUT2D eigenvalue weighted by Gasteiger charge is 2.26. The normalized spacial score (nSPS) is 26.3. The van der Waals surface area contributed by atoms with E-state index in [2.05, 4.69) is 19.2 Å². The van der Waals surface area contributed by atoms with Gasteiger partial charge in [0.05, 0.1) is 13.1 Å². The van der Waals surface area contributed by atoms with Gasteiger partial charge in [0, 0.05) is 22.5 Å². The van der Waals surface area contributed by atoms with Gasteiger partial charge in [0.2, 0.25) is 0 Å². The highest BCUT2D eigenvalue weighted by molar-refractivity contribution is 6.31. The number of hydrogen-bond donors (Lipinski definition) is 2. The molecule has 1 saturated heterocycles. The van der Waals surface area contributed by atoms with E-state index < -0.39 is 0 Å². The molecule has 0 spiro atoms.